The molecule has 0 aliphatic heterocycles. The number of nitrogens with one attached hydrogen (secondary N) is 2. The van der Waals surface area contributed by atoms with Gasteiger partial charge in [-0.3, -0.25) is 5.43 Å². The van der Waals surface area contributed by atoms with Crippen molar-refractivity contribution >= 4 is 29.2 Å². The molecule has 0 saturated heterocycles. The molecule has 3 aromatic rings. The number of aryl methyl sites for hydroxylation is 2. The van der Waals surface area contributed by atoms with Crippen LogP contribution in [-0.2, 0) is 6.61 Å². The van der Waals surface area contributed by atoms with Crippen LogP contribution in [0.2, 0.25) is 0 Å². The monoisotopic (exact) mass is 389 g/mol. The van der Waals surface area contributed by atoms with Gasteiger partial charge < -0.3 is 10.1 Å². The van der Waals surface area contributed by atoms with Crippen molar-refractivity contribution < 1.29 is 4.74 Å². The van der Waals surface area contributed by atoms with Crippen molar-refractivity contribution in [3.05, 3.63) is 95.1 Å². The Morgan fingerprint density at radius 3 is 2.46 bits per heavy atom. The van der Waals surface area contributed by atoms with Crippen LogP contribution in [0.5, 0.6) is 5.75 Å². The second kappa shape index (κ2) is 9.67. The quantitative estimate of drug-likeness (QED) is 0.345. The lowest BCUT2D eigenvalue weighted by molar-refractivity contribution is 0.306. The van der Waals surface area contributed by atoms with E-state index in [4.69, 9.17) is 17.0 Å². The fourth-order valence-corrected chi connectivity index (χ4v) is 2.75. The second-order valence-corrected chi connectivity index (χ2v) is 6.86. The van der Waals surface area contributed by atoms with Gasteiger partial charge in [0.2, 0.25) is 0 Å². The Labute approximate surface area is 171 Å². The summed E-state index contributed by atoms with van der Waals surface area (Å²) in [7, 11) is 0. The Kier molecular flexibility index (Phi) is 6.76. The molecule has 28 heavy (non-hydrogen) atoms. The van der Waals surface area contributed by atoms with Crippen molar-refractivity contribution in [3.8, 4) is 5.75 Å². The summed E-state index contributed by atoms with van der Waals surface area (Å²) in [5, 5.41) is 7.81. The van der Waals surface area contributed by atoms with Crippen molar-refractivity contribution in [2.24, 2.45) is 5.10 Å². The molecular formula is C23H23N3OS. The van der Waals surface area contributed by atoms with Crippen LogP contribution in [0.4, 0.5) is 5.69 Å². The fraction of sp³-hybridized carbons (Fsp3) is 0.130. The summed E-state index contributed by atoms with van der Waals surface area (Å²) in [6.45, 7) is 4.60. The van der Waals surface area contributed by atoms with E-state index in [1.807, 2.05) is 55.5 Å². The summed E-state index contributed by atoms with van der Waals surface area (Å²) < 4.78 is 5.96. The first-order chi connectivity index (χ1) is 13.6. The van der Waals surface area contributed by atoms with Gasteiger partial charge in [0.05, 0.1) is 6.21 Å². The maximum absolute atomic E-state index is 5.96. The zero-order chi connectivity index (χ0) is 19.8. The molecule has 0 aromatic heterocycles. The van der Waals surface area contributed by atoms with Crippen molar-refractivity contribution in [2.75, 3.05) is 5.32 Å². The van der Waals surface area contributed by atoms with E-state index < -0.39 is 0 Å². The van der Waals surface area contributed by atoms with Gasteiger partial charge in [-0.25, -0.2) is 0 Å². The number of hydrazone groups is 1. The molecule has 0 unspecified atom stereocenters. The first-order valence-corrected chi connectivity index (χ1v) is 9.46. The minimum absolute atomic E-state index is 0.434. The molecule has 0 bridgehead atoms. The van der Waals surface area contributed by atoms with Gasteiger partial charge in [-0.05, 0) is 55.4 Å². The Bertz CT molecular complexity index is 968. The van der Waals surface area contributed by atoms with Gasteiger partial charge in [0, 0.05) is 11.3 Å². The van der Waals surface area contributed by atoms with Gasteiger partial charge >= 0.3 is 0 Å². The van der Waals surface area contributed by atoms with E-state index in [1.165, 1.54) is 5.56 Å². The summed E-state index contributed by atoms with van der Waals surface area (Å²) in [5.41, 5.74) is 8.15. The highest BCUT2D eigenvalue weighted by Gasteiger charge is 2.02. The van der Waals surface area contributed by atoms with Crippen LogP contribution in [0.1, 0.15) is 22.3 Å². The minimum atomic E-state index is 0.434. The lowest BCUT2D eigenvalue weighted by Gasteiger charge is -2.10. The standard InChI is InChI=1S/C23H23N3OS/c1-17-11-13-19(14-12-17)16-27-22-10-6-4-8-20(22)15-24-26-23(28)25-21-9-5-3-7-18(21)2/h3-15H,16H2,1-2H3,(H2,25,26,28). The number of rotatable bonds is 6. The molecule has 5 heteroatoms. The van der Waals surface area contributed by atoms with Crippen LogP contribution in [0.25, 0.3) is 0 Å². The van der Waals surface area contributed by atoms with Gasteiger partial charge in [-0.15, -0.1) is 0 Å². The molecule has 0 saturated carbocycles. The van der Waals surface area contributed by atoms with Gasteiger partial charge in [0.25, 0.3) is 0 Å². The molecule has 0 amide bonds. The van der Waals surface area contributed by atoms with Gasteiger partial charge in [-0.2, -0.15) is 5.10 Å². The normalized spacial score (nSPS) is 10.6. The van der Waals surface area contributed by atoms with Gasteiger partial charge in [-0.1, -0.05) is 60.2 Å². The number of hydrogen-bond donors (Lipinski definition) is 2. The topological polar surface area (TPSA) is 45.6 Å². The summed E-state index contributed by atoms with van der Waals surface area (Å²) in [6.07, 6.45) is 1.70. The van der Waals surface area contributed by atoms with Crippen LogP contribution in [0.15, 0.2) is 77.9 Å². The second-order valence-electron chi connectivity index (χ2n) is 6.45. The average molecular weight is 390 g/mol. The number of para-hydroxylation sites is 2. The van der Waals surface area contributed by atoms with Crippen molar-refractivity contribution in [1.29, 1.82) is 0 Å². The molecule has 0 atom stereocenters. The number of ether oxygens (including phenoxy) is 1. The lowest BCUT2D eigenvalue weighted by Crippen LogP contribution is -2.24. The molecule has 142 valence electrons. The summed E-state index contributed by atoms with van der Waals surface area (Å²) in [6, 6.07) is 24.0. The molecule has 0 fully saturated rings. The third-order valence-electron chi connectivity index (χ3n) is 4.20. The van der Waals surface area contributed by atoms with Crippen molar-refractivity contribution in [1.82, 2.24) is 5.43 Å². The molecular weight excluding hydrogens is 366 g/mol. The molecule has 4 nitrogen and oxygen atoms in total. The molecule has 0 aliphatic rings. The predicted octanol–water partition coefficient (Wildman–Crippen LogP) is 5.20. The smallest absolute Gasteiger partial charge is 0.191 e. The molecule has 0 spiro atoms. The zero-order valence-corrected chi connectivity index (χ0v) is 16.8. The molecule has 0 heterocycles. The highest BCUT2D eigenvalue weighted by molar-refractivity contribution is 7.80. The highest BCUT2D eigenvalue weighted by atomic mass is 32.1. The fourth-order valence-electron chi connectivity index (χ4n) is 2.59. The Morgan fingerprint density at radius 1 is 0.964 bits per heavy atom. The Balaban J connectivity index is 1.58. The Hall–Kier alpha value is -3.18. The van der Waals surface area contributed by atoms with E-state index >= 15 is 0 Å². The third kappa shape index (κ3) is 5.66. The minimum Gasteiger partial charge on any atom is -0.488 e. The summed E-state index contributed by atoms with van der Waals surface area (Å²) in [5.74, 6) is 0.770. The van der Waals surface area contributed by atoms with Gasteiger partial charge in [0.1, 0.15) is 12.4 Å². The van der Waals surface area contributed by atoms with E-state index in [2.05, 4.69) is 47.0 Å². The number of hydrogen-bond acceptors (Lipinski definition) is 3. The zero-order valence-electron chi connectivity index (χ0n) is 16.0. The van der Waals surface area contributed by atoms with Crippen LogP contribution in [0.3, 0.4) is 0 Å². The average Bonchev–Trinajstić information content (AvgIpc) is 2.70. The van der Waals surface area contributed by atoms with Gasteiger partial charge in [0.15, 0.2) is 5.11 Å². The predicted molar refractivity (Wildman–Crippen MR) is 120 cm³/mol. The SMILES string of the molecule is Cc1ccc(COc2ccccc2C=NNC(=S)Nc2ccccc2C)cc1. The molecule has 2 N–H and O–H groups in total. The largest absolute Gasteiger partial charge is 0.488 e. The summed E-state index contributed by atoms with van der Waals surface area (Å²) in [4.78, 5) is 0. The lowest BCUT2D eigenvalue weighted by atomic mass is 10.1. The molecule has 0 aliphatic carbocycles. The van der Waals surface area contributed by atoms with Crippen molar-refractivity contribution in [2.45, 2.75) is 20.5 Å². The highest BCUT2D eigenvalue weighted by Crippen LogP contribution is 2.18. The third-order valence-corrected chi connectivity index (χ3v) is 4.39. The maximum Gasteiger partial charge on any atom is 0.191 e. The first kappa shape index (κ1) is 19.6. The van der Waals surface area contributed by atoms with Crippen LogP contribution < -0.4 is 15.5 Å². The summed E-state index contributed by atoms with van der Waals surface area (Å²) >= 11 is 5.30. The van der Waals surface area contributed by atoms with Crippen molar-refractivity contribution in [3.63, 3.8) is 0 Å². The Morgan fingerprint density at radius 2 is 1.68 bits per heavy atom. The molecule has 3 rings (SSSR count). The molecule has 0 radical (unpaired) electrons. The number of nitrogens with zero attached hydrogens (tertiary/aromatic N) is 1. The van der Waals surface area contributed by atoms with E-state index in [1.54, 1.807) is 6.21 Å². The van der Waals surface area contributed by atoms with E-state index in [0.29, 0.717) is 11.7 Å². The maximum atomic E-state index is 5.96. The number of thiocarbonyl (C=S) groups is 1. The van der Waals surface area contributed by atoms with Crippen LogP contribution in [-0.4, -0.2) is 11.3 Å². The number of anilines is 1. The molecule has 3 aromatic carbocycles. The van der Waals surface area contributed by atoms with E-state index in [0.717, 1.165) is 28.1 Å². The number of benzene rings is 3. The van der Waals surface area contributed by atoms with E-state index in [-0.39, 0.29) is 0 Å². The van der Waals surface area contributed by atoms with Crippen LogP contribution >= 0.6 is 12.2 Å². The van der Waals surface area contributed by atoms with E-state index in [9.17, 15) is 0 Å². The van der Waals surface area contributed by atoms with Crippen LogP contribution in [0, 0.1) is 13.8 Å². The first-order valence-electron chi connectivity index (χ1n) is 9.05.